The van der Waals surface area contributed by atoms with Gasteiger partial charge in [0.25, 0.3) is 0 Å². The van der Waals surface area contributed by atoms with Gasteiger partial charge in [0.1, 0.15) is 11.4 Å². The van der Waals surface area contributed by atoms with Crippen LogP contribution in [-0.4, -0.2) is 15.9 Å². The molecule has 0 fully saturated rings. The number of benzene rings is 1. The lowest BCUT2D eigenvalue weighted by atomic mass is 10.1. The maximum absolute atomic E-state index is 12.8. The summed E-state index contributed by atoms with van der Waals surface area (Å²) in [5.74, 6) is -0.613. The van der Waals surface area contributed by atoms with Gasteiger partial charge in [0, 0.05) is 34.2 Å². The van der Waals surface area contributed by atoms with Crippen molar-refractivity contribution >= 4 is 34.7 Å². The maximum Gasteiger partial charge on any atom is 0.301 e. The standard InChI is InChI=1S/C16H10ClF3N2OS2/c17-10-3-1-9(2-4-10)14-7-12(22-23-14)13-8-25-16(21-13)24-6-5-11(18)15(19)20/h1-4,7-8H,5-6H2. The van der Waals surface area contributed by atoms with Crippen LogP contribution in [0.5, 0.6) is 0 Å². The van der Waals surface area contributed by atoms with Crippen LogP contribution in [0.4, 0.5) is 13.2 Å². The molecule has 25 heavy (non-hydrogen) atoms. The summed E-state index contributed by atoms with van der Waals surface area (Å²) < 4.78 is 42.7. The van der Waals surface area contributed by atoms with Gasteiger partial charge in [-0.3, -0.25) is 0 Å². The van der Waals surface area contributed by atoms with Gasteiger partial charge in [0.15, 0.2) is 15.9 Å². The number of halogens is 4. The Labute approximate surface area is 154 Å². The molecule has 1 aromatic carbocycles. The average Bonchev–Trinajstić information content (AvgIpc) is 3.24. The summed E-state index contributed by atoms with van der Waals surface area (Å²) in [6, 6.07) is 8.91. The molecule has 9 heteroatoms. The van der Waals surface area contributed by atoms with E-state index in [0.717, 1.165) is 5.56 Å². The first-order chi connectivity index (χ1) is 12.0. The lowest BCUT2D eigenvalue weighted by molar-refractivity contribution is 0.373. The minimum Gasteiger partial charge on any atom is -0.356 e. The number of thiazole rings is 1. The molecule has 0 amide bonds. The molecule has 0 aliphatic rings. The van der Waals surface area contributed by atoms with Crippen LogP contribution in [0.15, 0.2) is 56.5 Å². The Morgan fingerprint density at radius 1 is 1.16 bits per heavy atom. The van der Waals surface area contributed by atoms with Crippen molar-refractivity contribution in [1.82, 2.24) is 10.1 Å². The Morgan fingerprint density at radius 2 is 1.92 bits per heavy atom. The van der Waals surface area contributed by atoms with E-state index < -0.39 is 11.9 Å². The van der Waals surface area contributed by atoms with Crippen molar-refractivity contribution in [3.63, 3.8) is 0 Å². The van der Waals surface area contributed by atoms with Gasteiger partial charge < -0.3 is 4.52 Å². The second-order valence-electron chi connectivity index (χ2n) is 4.85. The van der Waals surface area contributed by atoms with Crippen molar-refractivity contribution in [1.29, 1.82) is 0 Å². The van der Waals surface area contributed by atoms with Crippen molar-refractivity contribution in [2.45, 2.75) is 10.8 Å². The molecular formula is C16H10ClF3N2OS2. The molecule has 0 saturated carbocycles. The Bertz CT molecular complexity index is 889. The number of hydrogen-bond acceptors (Lipinski definition) is 5. The molecule has 0 unspecified atom stereocenters. The third-order valence-corrected chi connectivity index (χ3v) is 5.41. The van der Waals surface area contributed by atoms with Crippen LogP contribution in [0.25, 0.3) is 22.7 Å². The normalized spacial score (nSPS) is 10.9. The van der Waals surface area contributed by atoms with E-state index >= 15 is 0 Å². The smallest absolute Gasteiger partial charge is 0.301 e. The van der Waals surface area contributed by atoms with Gasteiger partial charge in [-0.15, -0.1) is 11.3 Å². The highest BCUT2D eigenvalue weighted by Crippen LogP contribution is 2.31. The number of allylic oxidation sites excluding steroid dienone is 1. The molecule has 2 aromatic heterocycles. The molecule has 0 spiro atoms. The van der Waals surface area contributed by atoms with Gasteiger partial charge in [0.05, 0.1) is 0 Å². The van der Waals surface area contributed by atoms with Gasteiger partial charge in [-0.2, -0.15) is 8.78 Å². The van der Waals surface area contributed by atoms with Crippen LogP contribution in [0.3, 0.4) is 0 Å². The van der Waals surface area contributed by atoms with Crippen LogP contribution >= 0.6 is 34.7 Å². The fraction of sp³-hybridized carbons (Fsp3) is 0.125. The second kappa shape index (κ2) is 8.07. The van der Waals surface area contributed by atoms with Gasteiger partial charge in [-0.05, 0) is 24.3 Å². The maximum atomic E-state index is 12.8. The molecule has 0 atom stereocenters. The van der Waals surface area contributed by atoms with E-state index in [-0.39, 0.29) is 12.2 Å². The first-order valence-electron chi connectivity index (χ1n) is 7.04. The molecule has 0 N–H and O–H groups in total. The summed E-state index contributed by atoms with van der Waals surface area (Å²) in [4.78, 5) is 4.36. The summed E-state index contributed by atoms with van der Waals surface area (Å²) >= 11 is 8.41. The van der Waals surface area contributed by atoms with E-state index in [4.69, 9.17) is 16.1 Å². The fourth-order valence-electron chi connectivity index (χ4n) is 1.91. The predicted octanol–water partition coefficient (Wildman–Crippen LogP) is 6.68. The number of thioether (sulfide) groups is 1. The van der Waals surface area contributed by atoms with Crippen LogP contribution in [0.2, 0.25) is 5.02 Å². The van der Waals surface area contributed by atoms with Gasteiger partial charge in [-0.25, -0.2) is 9.37 Å². The summed E-state index contributed by atoms with van der Waals surface area (Å²) in [5.41, 5.74) is 2.02. The highest BCUT2D eigenvalue weighted by Gasteiger charge is 2.13. The molecule has 0 aliphatic carbocycles. The van der Waals surface area contributed by atoms with Crippen LogP contribution < -0.4 is 0 Å². The molecule has 0 radical (unpaired) electrons. The molecule has 0 aliphatic heterocycles. The summed E-state index contributed by atoms with van der Waals surface area (Å²) in [6.07, 6.45) is -2.59. The zero-order chi connectivity index (χ0) is 17.8. The monoisotopic (exact) mass is 402 g/mol. The van der Waals surface area contributed by atoms with E-state index in [0.29, 0.717) is 26.5 Å². The Kier molecular flexibility index (Phi) is 5.82. The molecule has 130 valence electrons. The van der Waals surface area contributed by atoms with Crippen LogP contribution in [-0.2, 0) is 0 Å². The number of nitrogens with zero attached hydrogens (tertiary/aromatic N) is 2. The Hall–Kier alpha value is -1.77. The highest BCUT2D eigenvalue weighted by molar-refractivity contribution is 8.01. The number of aromatic nitrogens is 2. The zero-order valence-corrected chi connectivity index (χ0v) is 14.9. The van der Waals surface area contributed by atoms with Crippen LogP contribution in [0.1, 0.15) is 6.42 Å². The highest BCUT2D eigenvalue weighted by atomic mass is 35.5. The largest absolute Gasteiger partial charge is 0.356 e. The van der Waals surface area contributed by atoms with Crippen LogP contribution in [0, 0.1) is 0 Å². The SMILES string of the molecule is FC(F)=C(F)CCSc1nc(-c2cc(-c3ccc(Cl)cc3)on2)cs1. The predicted molar refractivity (Wildman–Crippen MR) is 93.7 cm³/mol. The minimum absolute atomic E-state index is 0.185. The van der Waals surface area contributed by atoms with E-state index in [1.807, 2.05) is 12.1 Å². The lowest BCUT2D eigenvalue weighted by Gasteiger charge is -1.95. The van der Waals surface area contributed by atoms with Crippen molar-refractivity contribution in [2.75, 3.05) is 5.75 Å². The van der Waals surface area contributed by atoms with E-state index in [1.165, 1.54) is 23.1 Å². The Morgan fingerprint density at radius 3 is 2.64 bits per heavy atom. The van der Waals surface area contributed by atoms with Gasteiger partial charge >= 0.3 is 6.08 Å². The third-order valence-electron chi connectivity index (χ3n) is 3.14. The van der Waals surface area contributed by atoms with Crippen molar-refractivity contribution in [3.05, 3.63) is 52.6 Å². The minimum atomic E-state index is -2.27. The van der Waals surface area contributed by atoms with E-state index in [9.17, 15) is 13.2 Å². The first-order valence-corrected chi connectivity index (χ1v) is 9.28. The topological polar surface area (TPSA) is 38.9 Å². The quantitative estimate of drug-likeness (QED) is 0.431. The molecule has 0 bridgehead atoms. The molecule has 3 nitrogen and oxygen atoms in total. The number of rotatable bonds is 6. The molecule has 3 rings (SSSR count). The first kappa shape index (κ1) is 18.0. The molecule has 2 heterocycles. The summed E-state index contributed by atoms with van der Waals surface area (Å²) in [5, 5.41) is 6.40. The van der Waals surface area contributed by atoms with Crippen molar-refractivity contribution in [2.24, 2.45) is 0 Å². The zero-order valence-electron chi connectivity index (χ0n) is 12.5. The molecule has 3 aromatic rings. The lowest BCUT2D eigenvalue weighted by Crippen LogP contribution is -1.83. The van der Waals surface area contributed by atoms with E-state index in [1.54, 1.807) is 23.6 Å². The molecular weight excluding hydrogens is 393 g/mol. The van der Waals surface area contributed by atoms with Crippen molar-refractivity contribution < 1.29 is 17.7 Å². The fourth-order valence-corrected chi connectivity index (χ4v) is 3.86. The summed E-state index contributed by atoms with van der Waals surface area (Å²) in [6.45, 7) is 0. The second-order valence-corrected chi connectivity index (χ2v) is 7.48. The summed E-state index contributed by atoms with van der Waals surface area (Å²) in [7, 11) is 0. The average molecular weight is 403 g/mol. The Balaban J connectivity index is 1.66. The van der Waals surface area contributed by atoms with Gasteiger partial charge in [0.2, 0.25) is 0 Å². The van der Waals surface area contributed by atoms with Crippen molar-refractivity contribution in [3.8, 4) is 22.7 Å². The number of hydrogen-bond donors (Lipinski definition) is 0. The third kappa shape index (κ3) is 4.65. The molecule has 0 saturated heterocycles. The van der Waals surface area contributed by atoms with E-state index in [2.05, 4.69) is 10.1 Å². The van der Waals surface area contributed by atoms with Gasteiger partial charge in [-0.1, -0.05) is 28.5 Å².